The molecular weight excluding hydrogens is 328 g/mol. The van der Waals surface area contributed by atoms with Crippen LogP contribution in [0.1, 0.15) is 51.0 Å². The Bertz CT molecular complexity index is 578. The van der Waals surface area contributed by atoms with Crippen LogP contribution in [0.4, 0.5) is 0 Å². The van der Waals surface area contributed by atoms with Crippen LogP contribution in [0.5, 0.6) is 5.75 Å². The highest BCUT2D eigenvalue weighted by atomic mass is 32.1. The fourth-order valence-electron chi connectivity index (χ4n) is 5.70. The maximum atomic E-state index is 5.80. The van der Waals surface area contributed by atoms with E-state index in [1.807, 2.05) is 12.1 Å². The average molecular weight is 359 g/mol. The molecule has 25 heavy (non-hydrogen) atoms. The third-order valence-electron chi connectivity index (χ3n) is 6.40. The molecule has 1 aromatic rings. The van der Waals surface area contributed by atoms with Crippen molar-refractivity contribution in [1.82, 2.24) is 10.6 Å². The van der Waals surface area contributed by atoms with Gasteiger partial charge in [0.15, 0.2) is 5.11 Å². The maximum absolute atomic E-state index is 5.80. The molecule has 136 valence electrons. The van der Waals surface area contributed by atoms with Crippen molar-refractivity contribution >= 4 is 17.3 Å². The molecule has 4 aliphatic rings. The molecule has 5 rings (SSSR count). The molecule has 1 aromatic carbocycles. The standard InChI is InChI=1S/C21H30N2OS/c1-2-15-3-5-19(6-4-15)24-8-7-22-20(25)23-21-12-16-9-17(13-21)11-18(10-16)14-21/h3-6,16-18H,2,7-14H2,1H3,(H2,22,23,25). The average Bonchev–Trinajstić information content (AvgIpc) is 2.57. The molecule has 4 heteroatoms. The summed E-state index contributed by atoms with van der Waals surface area (Å²) in [5.74, 6) is 3.75. The Morgan fingerprint density at radius 1 is 1.08 bits per heavy atom. The fraction of sp³-hybridized carbons (Fsp3) is 0.667. The zero-order valence-corrected chi connectivity index (χ0v) is 16.0. The fourth-order valence-corrected chi connectivity index (χ4v) is 6.02. The van der Waals surface area contributed by atoms with Crippen LogP contribution in [0.25, 0.3) is 0 Å². The van der Waals surface area contributed by atoms with E-state index in [1.165, 1.54) is 44.1 Å². The summed E-state index contributed by atoms with van der Waals surface area (Å²) in [5.41, 5.74) is 1.63. The monoisotopic (exact) mass is 358 g/mol. The summed E-state index contributed by atoms with van der Waals surface area (Å²) < 4.78 is 5.80. The Kier molecular flexibility index (Phi) is 4.90. The van der Waals surface area contributed by atoms with Crippen molar-refractivity contribution in [2.75, 3.05) is 13.2 Å². The van der Waals surface area contributed by atoms with Gasteiger partial charge in [0.2, 0.25) is 0 Å². The molecule has 0 atom stereocenters. The van der Waals surface area contributed by atoms with E-state index in [2.05, 4.69) is 29.7 Å². The van der Waals surface area contributed by atoms with Crippen LogP contribution in [0.2, 0.25) is 0 Å². The summed E-state index contributed by atoms with van der Waals surface area (Å²) in [5, 5.41) is 7.86. The van der Waals surface area contributed by atoms with Crippen LogP contribution >= 0.6 is 12.2 Å². The van der Waals surface area contributed by atoms with Crippen molar-refractivity contribution in [2.24, 2.45) is 17.8 Å². The summed E-state index contributed by atoms with van der Waals surface area (Å²) in [6, 6.07) is 8.35. The lowest BCUT2D eigenvalue weighted by Gasteiger charge is -2.57. The van der Waals surface area contributed by atoms with E-state index in [0.29, 0.717) is 6.61 Å². The molecule has 0 aromatic heterocycles. The van der Waals surface area contributed by atoms with Crippen molar-refractivity contribution in [3.8, 4) is 5.75 Å². The number of hydrogen-bond donors (Lipinski definition) is 2. The number of nitrogens with one attached hydrogen (secondary N) is 2. The second-order valence-electron chi connectivity index (χ2n) is 8.42. The molecular formula is C21H30N2OS. The molecule has 4 fully saturated rings. The van der Waals surface area contributed by atoms with E-state index in [-0.39, 0.29) is 5.54 Å². The predicted molar refractivity (Wildman–Crippen MR) is 106 cm³/mol. The Hall–Kier alpha value is -1.29. The molecule has 0 spiro atoms. The molecule has 4 aliphatic carbocycles. The van der Waals surface area contributed by atoms with E-state index in [9.17, 15) is 0 Å². The topological polar surface area (TPSA) is 33.3 Å². The maximum Gasteiger partial charge on any atom is 0.166 e. The van der Waals surface area contributed by atoms with E-state index in [4.69, 9.17) is 17.0 Å². The third kappa shape index (κ3) is 3.94. The molecule has 0 unspecified atom stereocenters. The Balaban J connectivity index is 1.20. The van der Waals surface area contributed by atoms with Gasteiger partial charge in [-0.25, -0.2) is 0 Å². The van der Waals surface area contributed by atoms with Gasteiger partial charge in [0.05, 0.1) is 6.54 Å². The molecule has 0 aliphatic heterocycles. The summed E-state index contributed by atoms with van der Waals surface area (Å²) in [7, 11) is 0. The minimum Gasteiger partial charge on any atom is -0.492 e. The van der Waals surface area contributed by atoms with Gasteiger partial charge in [-0.2, -0.15) is 0 Å². The highest BCUT2D eigenvalue weighted by molar-refractivity contribution is 7.80. The number of hydrogen-bond acceptors (Lipinski definition) is 2. The molecule has 0 radical (unpaired) electrons. The first-order chi connectivity index (χ1) is 12.1. The van der Waals surface area contributed by atoms with Crippen LogP contribution in [-0.4, -0.2) is 23.8 Å². The van der Waals surface area contributed by atoms with Crippen molar-refractivity contribution in [3.63, 3.8) is 0 Å². The first-order valence-corrected chi connectivity index (χ1v) is 10.3. The van der Waals surface area contributed by atoms with Gasteiger partial charge in [-0.3, -0.25) is 0 Å². The van der Waals surface area contributed by atoms with Crippen LogP contribution < -0.4 is 15.4 Å². The van der Waals surface area contributed by atoms with E-state index in [1.54, 1.807) is 0 Å². The first-order valence-electron chi connectivity index (χ1n) is 9.92. The van der Waals surface area contributed by atoms with Crippen LogP contribution in [0, 0.1) is 17.8 Å². The number of ether oxygens (including phenoxy) is 1. The largest absolute Gasteiger partial charge is 0.492 e. The molecule has 2 N–H and O–H groups in total. The molecule has 4 bridgehead atoms. The summed E-state index contributed by atoms with van der Waals surface area (Å²) in [6.45, 7) is 3.54. The highest BCUT2D eigenvalue weighted by Crippen LogP contribution is 2.55. The number of rotatable bonds is 6. The highest BCUT2D eigenvalue weighted by Gasteiger charge is 2.51. The van der Waals surface area contributed by atoms with Crippen LogP contribution in [0.15, 0.2) is 24.3 Å². The van der Waals surface area contributed by atoms with E-state index < -0.39 is 0 Å². The van der Waals surface area contributed by atoms with E-state index in [0.717, 1.165) is 41.6 Å². The van der Waals surface area contributed by atoms with Gasteiger partial charge < -0.3 is 15.4 Å². The van der Waals surface area contributed by atoms with Gasteiger partial charge in [-0.1, -0.05) is 19.1 Å². The number of thiocarbonyl (C=S) groups is 1. The molecule has 3 nitrogen and oxygen atoms in total. The molecule has 4 saturated carbocycles. The normalized spacial score (nSPS) is 32.4. The third-order valence-corrected chi connectivity index (χ3v) is 6.65. The molecule has 0 amide bonds. The van der Waals surface area contributed by atoms with Crippen LogP contribution in [0.3, 0.4) is 0 Å². The molecule has 0 heterocycles. The van der Waals surface area contributed by atoms with Crippen LogP contribution in [-0.2, 0) is 6.42 Å². The van der Waals surface area contributed by atoms with Gasteiger partial charge in [0.25, 0.3) is 0 Å². The Morgan fingerprint density at radius 2 is 1.68 bits per heavy atom. The quantitative estimate of drug-likeness (QED) is 0.593. The second-order valence-corrected chi connectivity index (χ2v) is 8.83. The SMILES string of the molecule is CCc1ccc(OCCNC(=S)NC23CC4CC(CC(C4)C2)C3)cc1. The van der Waals surface area contributed by atoms with Crippen molar-refractivity contribution in [3.05, 3.63) is 29.8 Å². The minimum atomic E-state index is 0.287. The first kappa shape index (κ1) is 17.1. The lowest BCUT2D eigenvalue weighted by molar-refractivity contribution is -0.0101. The van der Waals surface area contributed by atoms with Crippen molar-refractivity contribution in [1.29, 1.82) is 0 Å². The van der Waals surface area contributed by atoms with Gasteiger partial charge in [-0.05, 0) is 92.6 Å². The summed E-state index contributed by atoms with van der Waals surface area (Å²) in [6.07, 6.45) is 9.42. The number of benzene rings is 1. The lowest BCUT2D eigenvalue weighted by atomic mass is 9.53. The second kappa shape index (κ2) is 7.14. The Morgan fingerprint density at radius 3 is 2.24 bits per heavy atom. The Labute approximate surface area is 156 Å². The van der Waals surface area contributed by atoms with Gasteiger partial charge in [-0.15, -0.1) is 0 Å². The van der Waals surface area contributed by atoms with Gasteiger partial charge >= 0.3 is 0 Å². The minimum absolute atomic E-state index is 0.287. The molecule has 0 saturated heterocycles. The number of aryl methyl sites for hydroxylation is 1. The van der Waals surface area contributed by atoms with E-state index >= 15 is 0 Å². The zero-order valence-electron chi connectivity index (χ0n) is 15.2. The predicted octanol–water partition coefficient (Wildman–Crippen LogP) is 4.06. The zero-order chi connectivity index (χ0) is 17.3. The summed E-state index contributed by atoms with van der Waals surface area (Å²) >= 11 is 5.57. The van der Waals surface area contributed by atoms with Crippen molar-refractivity contribution < 1.29 is 4.74 Å². The van der Waals surface area contributed by atoms with Crippen molar-refractivity contribution in [2.45, 2.75) is 57.4 Å². The smallest absolute Gasteiger partial charge is 0.166 e. The summed E-state index contributed by atoms with van der Waals surface area (Å²) in [4.78, 5) is 0. The van der Waals surface area contributed by atoms with Gasteiger partial charge in [0, 0.05) is 5.54 Å². The van der Waals surface area contributed by atoms with Gasteiger partial charge in [0.1, 0.15) is 12.4 Å². The lowest BCUT2D eigenvalue weighted by Crippen LogP contribution is -2.61.